The van der Waals surface area contributed by atoms with E-state index in [9.17, 15) is 5.11 Å². The molecule has 3 N–H and O–H groups in total. The van der Waals surface area contributed by atoms with Gasteiger partial charge in [0.1, 0.15) is 0 Å². The Morgan fingerprint density at radius 3 is 2.71 bits per heavy atom. The minimum absolute atomic E-state index is 0.00375. The summed E-state index contributed by atoms with van der Waals surface area (Å²) in [5.41, 5.74) is 3.11. The molecular formula is C9H12ClNO3. The van der Waals surface area contributed by atoms with Crippen LogP contribution < -0.4 is 10.2 Å². The Morgan fingerprint density at radius 1 is 1.57 bits per heavy atom. The Hall–Kier alpha value is -0.970. The van der Waals surface area contributed by atoms with Gasteiger partial charge in [-0.3, -0.25) is 0 Å². The zero-order valence-corrected chi connectivity index (χ0v) is 8.72. The van der Waals surface area contributed by atoms with Crippen LogP contribution in [0.25, 0.3) is 0 Å². The van der Waals surface area contributed by atoms with Gasteiger partial charge in [-0.25, -0.2) is 5.48 Å². The van der Waals surface area contributed by atoms with Gasteiger partial charge >= 0.3 is 0 Å². The van der Waals surface area contributed by atoms with E-state index in [1.165, 1.54) is 7.11 Å². The molecule has 5 heteroatoms. The van der Waals surface area contributed by atoms with Crippen molar-refractivity contribution in [2.45, 2.75) is 13.5 Å². The monoisotopic (exact) mass is 217 g/mol. The van der Waals surface area contributed by atoms with E-state index in [-0.39, 0.29) is 12.3 Å². The molecule has 1 aromatic carbocycles. The smallest absolute Gasteiger partial charge is 0.165 e. The quantitative estimate of drug-likeness (QED) is 0.677. The Balaban J connectivity index is 3.27. The first kappa shape index (κ1) is 11.1. The molecule has 0 aliphatic carbocycles. The van der Waals surface area contributed by atoms with Gasteiger partial charge < -0.3 is 15.1 Å². The van der Waals surface area contributed by atoms with Gasteiger partial charge in [-0.15, -0.1) is 0 Å². The third kappa shape index (κ3) is 1.92. The van der Waals surface area contributed by atoms with Crippen molar-refractivity contribution in [2.75, 3.05) is 7.11 Å². The molecule has 14 heavy (non-hydrogen) atoms. The van der Waals surface area contributed by atoms with E-state index in [2.05, 4.69) is 0 Å². The molecule has 0 aliphatic heterocycles. The molecule has 0 spiro atoms. The zero-order chi connectivity index (χ0) is 10.7. The maximum absolute atomic E-state index is 9.69. The summed E-state index contributed by atoms with van der Waals surface area (Å²) in [6.07, 6.45) is 0. The first-order valence-electron chi connectivity index (χ1n) is 4.03. The zero-order valence-electron chi connectivity index (χ0n) is 7.97. The Bertz CT molecular complexity index is 341. The van der Waals surface area contributed by atoms with Crippen molar-refractivity contribution < 1.29 is 15.1 Å². The molecule has 0 saturated carbocycles. The lowest BCUT2D eigenvalue weighted by molar-refractivity contribution is 0.160. The molecule has 0 unspecified atom stereocenters. The van der Waals surface area contributed by atoms with Gasteiger partial charge in [-0.2, -0.15) is 0 Å². The summed E-state index contributed by atoms with van der Waals surface area (Å²) in [5.74, 6) is 0.332. The van der Waals surface area contributed by atoms with E-state index >= 15 is 0 Å². The lowest BCUT2D eigenvalue weighted by Gasteiger charge is -2.12. The fraction of sp³-hybridized carbons (Fsp3) is 0.333. The summed E-state index contributed by atoms with van der Waals surface area (Å²) in [6.45, 7) is 1.86. The second-order valence-corrected chi connectivity index (χ2v) is 3.27. The maximum atomic E-state index is 9.69. The first-order chi connectivity index (χ1) is 6.61. The topological polar surface area (TPSA) is 61.7 Å². The highest BCUT2D eigenvalue weighted by atomic mass is 35.5. The Morgan fingerprint density at radius 2 is 2.21 bits per heavy atom. The lowest BCUT2D eigenvalue weighted by atomic mass is 10.1. The van der Waals surface area contributed by atoms with Crippen LogP contribution in [0, 0.1) is 6.92 Å². The van der Waals surface area contributed by atoms with Crippen LogP contribution in [0.4, 0.5) is 0 Å². The van der Waals surface area contributed by atoms with Crippen molar-refractivity contribution in [1.82, 2.24) is 5.48 Å². The third-order valence-electron chi connectivity index (χ3n) is 1.99. The number of ether oxygens (including phenoxy) is 1. The summed E-state index contributed by atoms with van der Waals surface area (Å²) in [5, 5.41) is 18.7. The summed E-state index contributed by atoms with van der Waals surface area (Å²) < 4.78 is 5.00. The molecule has 4 nitrogen and oxygen atoms in total. The molecule has 78 valence electrons. The van der Waals surface area contributed by atoms with E-state index < -0.39 is 0 Å². The molecule has 0 aliphatic rings. The van der Waals surface area contributed by atoms with Crippen LogP contribution in [0.3, 0.4) is 0 Å². The number of aromatic hydroxyl groups is 1. The van der Waals surface area contributed by atoms with E-state index in [4.69, 9.17) is 21.5 Å². The van der Waals surface area contributed by atoms with E-state index in [1.54, 1.807) is 13.0 Å². The van der Waals surface area contributed by atoms with Gasteiger partial charge in [0.2, 0.25) is 0 Å². The van der Waals surface area contributed by atoms with E-state index in [0.29, 0.717) is 21.9 Å². The average molecular weight is 218 g/mol. The number of benzene rings is 1. The van der Waals surface area contributed by atoms with Gasteiger partial charge in [0, 0.05) is 22.7 Å². The highest BCUT2D eigenvalue weighted by molar-refractivity contribution is 6.31. The second-order valence-electron chi connectivity index (χ2n) is 2.86. The summed E-state index contributed by atoms with van der Waals surface area (Å²) in [4.78, 5) is 0. The number of nitrogens with one attached hydrogen (secondary N) is 1. The minimum atomic E-state index is -0.00375. The number of rotatable bonds is 3. The third-order valence-corrected chi connectivity index (χ3v) is 2.39. The number of phenolic OH excluding ortho intramolecular Hbond substituents is 1. The van der Waals surface area contributed by atoms with E-state index in [1.807, 2.05) is 5.48 Å². The number of methoxy groups -OCH3 is 1. The fourth-order valence-corrected chi connectivity index (χ4v) is 1.45. The molecule has 0 bridgehead atoms. The molecule has 0 aromatic heterocycles. The van der Waals surface area contributed by atoms with Gasteiger partial charge in [0.15, 0.2) is 11.5 Å². The van der Waals surface area contributed by atoms with Gasteiger partial charge in [-0.1, -0.05) is 11.6 Å². The predicted octanol–water partition coefficient (Wildman–Crippen LogP) is 1.84. The summed E-state index contributed by atoms with van der Waals surface area (Å²) in [7, 11) is 1.45. The summed E-state index contributed by atoms with van der Waals surface area (Å²) >= 11 is 5.90. The highest BCUT2D eigenvalue weighted by Gasteiger charge is 2.13. The van der Waals surface area contributed by atoms with Crippen molar-refractivity contribution in [3.8, 4) is 11.5 Å². The standard InChI is InChI=1S/C9H12ClNO3/c1-5-7(10)3-6(4-11-13)8(12)9(5)14-2/h3,11-13H,4H2,1-2H3. The fourth-order valence-electron chi connectivity index (χ4n) is 1.23. The predicted molar refractivity (Wildman–Crippen MR) is 53.0 cm³/mol. The van der Waals surface area contributed by atoms with Crippen molar-refractivity contribution in [2.24, 2.45) is 0 Å². The maximum Gasteiger partial charge on any atom is 0.165 e. The second kappa shape index (κ2) is 4.50. The molecule has 0 radical (unpaired) electrons. The SMILES string of the molecule is COc1c(C)c(Cl)cc(CNO)c1O. The Labute approximate surface area is 87.0 Å². The van der Waals surface area contributed by atoms with Crippen molar-refractivity contribution in [1.29, 1.82) is 0 Å². The number of hydroxylamine groups is 1. The molecular weight excluding hydrogens is 206 g/mol. The largest absolute Gasteiger partial charge is 0.504 e. The first-order valence-corrected chi connectivity index (χ1v) is 4.41. The molecule has 1 rings (SSSR count). The summed E-state index contributed by atoms with van der Waals surface area (Å²) in [6, 6.07) is 1.58. The molecule has 0 saturated heterocycles. The number of halogens is 1. The minimum Gasteiger partial charge on any atom is -0.504 e. The van der Waals surface area contributed by atoms with E-state index in [0.717, 1.165) is 0 Å². The highest BCUT2D eigenvalue weighted by Crippen LogP contribution is 2.37. The number of phenols is 1. The molecule has 0 amide bonds. The molecule has 0 fully saturated rings. The van der Waals surface area contributed by atoms with Crippen LogP contribution in [0.5, 0.6) is 11.5 Å². The van der Waals surface area contributed by atoms with Crippen LogP contribution in [-0.2, 0) is 6.54 Å². The average Bonchev–Trinajstić information content (AvgIpc) is 2.16. The normalized spacial score (nSPS) is 10.3. The van der Waals surface area contributed by atoms with Gasteiger partial charge in [0.05, 0.1) is 7.11 Å². The molecule has 0 heterocycles. The number of hydrogen-bond acceptors (Lipinski definition) is 4. The van der Waals surface area contributed by atoms with Crippen LogP contribution in [0.1, 0.15) is 11.1 Å². The lowest BCUT2D eigenvalue weighted by Crippen LogP contribution is -2.07. The van der Waals surface area contributed by atoms with Crippen LogP contribution in [0.2, 0.25) is 5.02 Å². The van der Waals surface area contributed by atoms with Crippen LogP contribution in [-0.4, -0.2) is 17.4 Å². The van der Waals surface area contributed by atoms with Crippen molar-refractivity contribution in [3.05, 3.63) is 22.2 Å². The molecule has 0 atom stereocenters. The van der Waals surface area contributed by atoms with Crippen molar-refractivity contribution >= 4 is 11.6 Å². The van der Waals surface area contributed by atoms with Gasteiger partial charge in [-0.05, 0) is 13.0 Å². The van der Waals surface area contributed by atoms with Crippen LogP contribution >= 0.6 is 11.6 Å². The van der Waals surface area contributed by atoms with Crippen LogP contribution in [0.15, 0.2) is 6.07 Å². The van der Waals surface area contributed by atoms with Gasteiger partial charge in [0.25, 0.3) is 0 Å². The number of hydrogen-bond donors (Lipinski definition) is 3. The Kier molecular flexibility index (Phi) is 3.57. The van der Waals surface area contributed by atoms with Crippen molar-refractivity contribution in [3.63, 3.8) is 0 Å². The molecule has 1 aromatic rings.